The first kappa shape index (κ1) is 38.8. The molecular formula is C40H41NO14. The standard InChI is InChI=1S/C40H41NO14/c1-3-22-5-4-6-24(15-22)16-27-35(54-34(48)19-30(44)25-9-11-29(43)32(46)18-25)39(55-33(47)12-8-23-7-10-28(42)31(45)17-23)37(21-38(27,51)36(49)50)14-13-26(20-53-37)40(39,52)41-2/h4-15,17-19,26-27,35,41-46,51-52H,3,16,20-21H2,1-2H3,(H,49,50). The smallest absolute Gasteiger partial charge is 0.336 e. The van der Waals surface area contributed by atoms with Crippen molar-refractivity contribution in [2.24, 2.45) is 11.8 Å². The van der Waals surface area contributed by atoms with Crippen molar-refractivity contribution < 1.29 is 69.4 Å². The summed E-state index contributed by atoms with van der Waals surface area (Å²) in [5.41, 5.74) is -8.32. The maximum absolute atomic E-state index is 14.0. The van der Waals surface area contributed by atoms with Gasteiger partial charge in [0.1, 0.15) is 11.4 Å². The van der Waals surface area contributed by atoms with Gasteiger partial charge in [-0.25, -0.2) is 14.4 Å². The molecule has 0 amide bonds. The summed E-state index contributed by atoms with van der Waals surface area (Å²) >= 11 is 0. The number of ether oxygens (including phenoxy) is 3. The van der Waals surface area contributed by atoms with Crippen molar-refractivity contribution in [1.82, 2.24) is 5.32 Å². The zero-order valence-corrected chi connectivity index (χ0v) is 29.7. The minimum atomic E-state index is -2.76. The number of aliphatic hydroxyl groups is 3. The number of likely N-dealkylation sites (N-methyl/N-ethyl adjacent to an activating group) is 1. The third kappa shape index (κ3) is 6.54. The second kappa shape index (κ2) is 14.4. The molecule has 2 heterocycles. The fourth-order valence-electron chi connectivity index (χ4n) is 8.00. The Labute approximate surface area is 314 Å². The van der Waals surface area contributed by atoms with E-state index in [0.717, 1.165) is 23.8 Å². The number of benzene rings is 3. The first-order valence-electron chi connectivity index (χ1n) is 17.4. The fourth-order valence-corrected chi connectivity index (χ4v) is 8.00. The van der Waals surface area contributed by atoms with Gasteiger partial charge in [0.05, 0.1) is 12.7 Å². The number of fused-ring (bicyclic) bond motifs is 1. The van der Waals surface area contributed by atoms with Crippen molar-refractivity contribution in [2.75, 3.05) is 13.7 Å². The van der Waals surface area contributed by atoms with Gasteiger partial charge in [-0.2, -0.15) is 0 Å². The van der Waals surface area contributed by atoms with Crippen molar-refractivity contribution in [3.8, 4) is 23.0 Å². The van der Waals surface area contributed by atoms with E-state index in [9.17, 15) is 55.2 Å². The van der Waals surface area contributed by atoms with Crippen LogP contribution in [0.25, 0.3) is 11.8 Å². The zero-order chi connectivity index (χ0) is 39.9. The maximum atomic E-state index is 14.0. The molecule has 1 spiro atoms. The minimum absolute atomic E-state index is 0.122. The molecule has 7 unspecified atom stereocenters. The minimum Gasteiger partial charge on any atom is -0.507 e. The summed E-state index contributed by atoms with van der Waals surface area (Å²) < 4.78 is 18.6. The molecule has 0 radical (unpaired) electrons. The monoisotopic (exact) mass is 759 g/mol. The molecule has 55 heavy (non-hydrogen) atoms. The van der Waals surface area contributed by atoms with Gasteiger partial charge < -0.3 is 55.1 Å². The van der Waals surface area contributed by atoms with Crippen molar-refractivity contribution in [3.05, 3.63) is 107 Å². The Morgan fingerprint density at radius 1 is 0.909 bits per heavy atom. The molecule has 2 aliphatic heterocycles. The molecule has 3 aromatic rings. The Hall–Kier alpha value is -5.87. The normalized spacial score (nSPS) is 29.8. The number of carbonyl (C=O) groups is 3. The number of rotatable bonds is 11. The number of aliphatic hydroxyl groups excluding tert-OH is 1. The van der Waals surface area contributed by atoms with Crippen LogP contribution in [0.1, 0.15) is 35.6 Å². The quantitative estimate of drug-likeness (QED) is 0.0340. The Bertz CT molecular complexity index is 2110. The Kier molecular flexibility index (Phi) is 10.2. The number of esters is 2. The van der Waals surface area contributed by atoms with Crippen LogP contribution in [0.5, 0.6) is 23.0 Å². The van der Waals surface area contributed by atoms with Gasteiger partial charge in [0.15, 0.2) is 40.4 Å². The summed E-state index contributed by atoms with van der Waals surface area (Å²) in [5.74, 6) is -9.58. The number of hydrogen-bond acceptors (Lipinski definition) is 14. The van der Waals surface area contributed by atoms with Crippen LogP contribution in [0.4, 0.5) is 0 Å². The first-order chi connectivity index (χ1) is 26.0. The Balaban J connectivity index is 1.55. The molecule has 290 valence electrons. The molecule has 1 saturated heterocycles. The van der Waals surface area contributed by atoms with Gasteiger partial charge in [0.2, 0.25) is 5.60 Å². The number of phenolic OH excluding ortho intramolecular Hbond substituents is 4. The van der Waals surface area contributed by atoms with E-state index in [-0.39, 0.29) is 24.2 Å². The Morgan fingerprint density at radius 2 is 1.60 bits per heavy atom. The molecule has 9 N–H and O–H groups in total. The molecule has 4 aliphatic rings. The number of aromatic hydroxyl groups is 4. The van der Waals surface area contributed by atoms with Crippen molar-refractivity contribution in [2.45, 2.75) is 54.8 Å². The summed E-state index contributed by atoms with van der Waals surface area (Å²) in [6, 6.07) is 14.0. The predicted molar refractivity (Wildman–Crippen MR) is 193 cm³/mol. The molecule has 15 nitrogen and oxygen atoms in total. The predicted octanol–water partition coefficient (Wildman–Crippen LogP) is 2.82. The lowest BCUT2D eigenvalue weighted by Gasteiger charge is -2.68. The number of carbonyl (C=O) groups excluding carboxylic acids is 2. The largest absolute Gasteiger partial charge is 0.507 e. The van der Waals surface area contributed by atoms with Crippen LogP contribution in [0.15, 0.2) is 85.0 Å². The Morgan fingerprint density at radius 3 is 2.22 bits per heavy atom. The van der Waals surface area contributed by atoms with Gasteiger partial charge in [0.25, 0.3) is 0 Å². The topological polar surface area (TPSA) is 253 Å². The zero-order valence-electron chi connectivity index (χ0n) is 29.7. The summed E-state index contributed by atoms with van der Waals surface area (Å²) in [4.78, 5) is 41.2. The highest BCUT2D eigenvalue weighted by atomic mass is 16.6. The van der Waals surface area contributed by atoms with E-state index in [1.165, 1.54) is 49.5 Å². The highest BCUT2D eigenvalue weighted by Crippen LogP contribution is 2.62. The van der Waals surface area contributed by atoms with Gasteiger partial charge in [-0.3, -0.25) is 5.32 Å². The second-order valence-electron chi connectivity index (χ2n) is 13.9. The lowest BCUT2D eigenvalue weighted by Crippen LogP contribution is -2.90. The molecule has 2 bridgehead atoms. The van der Waals surface area contributed by atoms with Crippen LogP contribution in [-0.2, 0) is 41.4 Å². The van der Waals surface area contributed by atoms with Crippen molar-refractivity contribution >= 4 is 29.7 Å². The number of carboxylic acids is 1. The summed E-state index contributed by atoms with van der Waals surface area (Å²) in [6.07, 6.45) is 3.16. The average molecular weight is 760 g/mol. The van der Waals surface area contributed by atoms with E-state index in [4.69, 9.17) is 14.2 Å². The van der Waals surface area contributed by atoms with Crippen LogP contribution in [0.2, 0.25) is 0 Å². The van der Waals surface area contributed by atoms with Gasteiger partial charge in [-0.1, -0.05) is 49.4 Å². The number of phenols is 4. The first-order valence-corrected chi connectivity index (χ1v) is 17.4. The maximum Gasteiger partial charge on any atom is 0.336 e. The molecular weight excluding hydrogens is 718 g/mol. The van der Waals surface area contributed by atoms with Crippen LogP contribution in [-0.4, -0.2) is 101 Å². The summed E-state index contributed by atoms with van der Waals surface area (Å²) in [7, 11) is 1.35. The molecule has 7 atom stereocenters. The van der Waals surface area contributed by atoms with Crippen LogP contribution in [0.3, 0.4) is 0 Å². The lowest BCUT2D eigenvalue weighted by molar-refractivity contribution is -0.377. The molecule has 1 saturated carbocycles. The number of aliphatic carboxylic acids is 1. The van der Waals surface area contributed by atoms with Crippen LogP contribution >= 0.6 is 0 Å². The summed E-state index contributed by atoms with van der Waals surface area (Å²) in [6.45, 7) is 1.67. The highest BCUT2D eigenvalue weighted by molar-refractivity contribution is 5.91. The fraction of sp³-hybridized carbons (Fsp3) is 0.325. The van der Waals surface area contributed by atoms with Gasteiger partial charge in [0, 0.05) is 29.9 Å². The van der Waals surface area contributed by atoms with E-state index in [1.54, 1.807) is 18.2 Å². The SMILES string of the molecule is CCc1cccc(CC2C(OC(=O)C=C(O)c3ccc(O)c(O)c3)C3(OC(=O)C=Cc4ccc(O)c(O)c4)C4(C=CC(CO4)C3(O)NC)CC2(O)C(=O)O)c1. The van der Waals surface area contributed by atoms with Gasteiger partial charge >= 0.3 is 17.9 Å². The second-order valence-corrected chi connectivity index (χ2v) is 13.9. The van der Waals surface area contributed by atoms with Crippen molar-refractivity contribution in [1.29, 1.82) is 0 Å². The van der Waals surface area contributed by atoms with E-state index >= 15 is 0 Å². The van der Waals surface area contributed by atoms with Crippen molar-refractivity contribution in [3.63, 3.8) is 0 Å². The number of carboxylic acid groups (broad SMARTS) is 1. The van der Waals surface area contributed by atoms with Crippen LogP contribution in [0, 0.1) is 11.8 Å². The van der Waals surface area contributed by atoms with E-state index in [0.29, 0.717) is 18.1 Å². The van der Waals surface area contributed by atoms with Gasteiger partial charge in [-0.05, 0) is 73.0 Å². The van der Waals surface area contributed by atoms with E-state index < -0.39 is 93.6 Å². The molecule has 3 aromatic carbocycles. The average Bonchev–Trinajstić information content (AvgIpc) is 3.15. The highest BCUT2D eigenvalue weighted by Gasteiger charge is 2.83. The third-order valence-electron chi connectivity index (χ3n) is 10.8. The molecule has 15 heteroatoms. The number of aryl methyl sites for hydroxylation is 1. The number of nitrogens with one attached hydrogen (secondary N) is 1. The molecule has 2 fully saturated rings. The molecule has 7 rings (SSSR count). The van der Waals surface area contributed by atoms with Crippen LogP contribution < -0.4 is 5.32 Å². The lowest BCUT2D eigenvalue weighted by atomic mass is 9.49. The summed E-state index contributed by atoms with van der Waals surface area (Å²) in [5, 5.41) is 88.9. The number of hydrogen-bond donors (Lipinski definition) is 9. The third-order valence-corrected chi connectivity index (χ3v) is 10.8. The molecule has 0 aromatic heterocycles. The van der Waals surface area contributed by atoms with Gasteiger partial charge in [-0.15, -0.1) is 0 Å². The molecule has 2 aliphatic carbocycles. The van der Waals surface area contributed by atoms with E-state index in [1.807, 2.05) is 13.0 Å². The van der Waals surface area contributed by atoms with E-state index in [2.05, 4.69) is 5.32 Å².